The van der Waals surface area contributed by atoms with Crippen LogP contribution in [0.3, 0.4) is 0 Å². The summed E-state index contributed by atoms with van der Waals surface area (Å²) in [6, 6.07) is 10.7. The molecule has 1 atom stereocenters. The molecule has 1 aliphatic heterocycles. The summed E-state index contributed by atoms with van der Waals surface area (Å²) in [5.41, 5.74) is 1.27. The monoisotopic (exact) mass is 432 g/mol. The predicted molar refractivity (Wildman–Crippen MR) is 107 cm³/mol. The lowest BCUT2D eigenvalue weighted by atomic mass is 9.99. The first kappa shape index (κ1) is 21.4. The number of esters is 1. The van der Waals surface area contributed by atoms with Gasteiger partial charge in [-0.2, -0.15) is 0 Å². The average Bonchev–Trinajstić information content (AvgIpc) is 2.71. The first-order valence-electron chi connectivity index (χ1n) is 9.13. The number of nitro groups is 1. The first-order chi connectivity index (χ1) is 14.1. The van der Waals surface area contributed by atoms with Crippen LogP contribution in [0.15, 0.2) is 47.4 Å². The molecule has 9 nitrogen and oxygen atoms in total. The number of sulfone groups is 1. The van der Waals surface area contributed by atoms with E-state index >= 15 is 0 Å². The van der Waals surface area contributed by atoms with Gasteiger partial charge in [-0.3, -0.25) is 14.9 Å². The maximum Gasteiger partial charge on any atom is 0.339 e. The first-order valence-corrected chi connectivity index (χ1v) is 11.0. The van der Waals surface area contributed by atoms with Crippen molar-refractivity contribution in [2.24, 2.45) is 0 Å². The van der Waals surface area contributed by atoms with Gasteiger partial charge in [0.25, 0.3) is 11.6 Å². The minimum absolute atomic E-state index is 0.210. The van der Waals surface area contributed by atoms with E-state index in [0.29, 0.717) is 19.5 Å². The molecule has 2 aromatic carbocycles. The predicted octanol–water partition coefficient (Wildman–Crippen LogP) is 2.13. The Morgan fingerprint density at radius 2 is 1.83 bits per heavy atom. The Morgan fingerprint density at radius 3 is 2.47 bits per heavy atom. The Hall–Kier alpha value is -3.27. The summed E-state index contributed by atoms with van der Waals surface area (Å²) in [6.45, 7) is 2.33. The fourth-order valence-electron chi connectivity index (χ4n) is 3.32. The molecule has 158 valence electrons. The van der Waals surface area contributed by atoms with Gasteiger partial charge in [-0.25, -0.2) is 13.2 Å². The molecule has 2 aromatic rings. The van der Waals surface area contributed by atoms with Gasteiger partial charge in [0.1, 0.15) is 4.90 Å². The van der Waals surface area contributed by atoms with Crippen molar-refractivity contribution < 1.29 is 27.7 Å². The summed E-state index contributed by atoms with van der Waals surface area (Å²) in [6.07, 6.45) is 0.434. The third-order valence-corrected chi connectivity index (χ3v) is 6.01. The zero-order valence-corrected chi connectivity index (χ0v) is 17.2. The van der Waals surface area contributed by atoms with Crippen LogP contribution in [-0.4, -0.2) is 49.0 Å². The summed E-state index contributed by atoms with van der Waals surface area (Å²) in [4.78, 5) is 36.5. The highest BCUT2D eigenvalue weighted by Crippen LogP contribution is 2.26. The number of rotatable bonds is 5. The van der Waals surface area contributed by atoms with Crippen molar-refractivity contribution in [1.29, 1.82) is 0 Å². The van der Waals surface area contributed by atoms with E-state index in [4.69, 9.17) is 4.74 Å². The summed E-state index contributed by atoms with van der Waals surface area (Å²) >= 11 is 0. The molecule has 0 fully saturated rings. The number of hydrogen-bond donors (Lipinski definition) is 0. The van der Waals surface area contributed by atoms with Crippen LogP contribution < -0.4 is 0 Å². The number of benzene rings is 2. The maximum atomic E-state index is 12.7. The maximum absolute atomic E-state index is 12.7. The fourth-order valence-corrected chi connectivity index (χ4v) is 4.15. The second kappa shape index (κ2) is 8.23. The number of nitrogens with zero attached hydrogens (tertiary/aromatic N) is 2. The van der Waals surface area contributed by atoms with E-state index in [0.717, 1.165) is 30.0 Å². The summed E-state index contributed by atoms with van der Waals surface area (Å²) in [7, 11) is -3.85. The Balaban J connectivity index is 1.73. The Bertz CT molecular complexity index is 1130. The lowest BCUT2D eigenvalue weighted by Gasteiger charge is -2.30. The van der Waals surface area contributed by atoms with Crippen molar-refractivity contribution in [1.82, 2.24) is 4.90 Å². The van der Waals surface area contributed by atoms with E-state index in [1.165, 1.54) is 12.5 Å². The second-order valence-corrected chi connectivity index (χ2v) is 9.02. The van der Waals surface area contributed by atoms with Gasteiger partial charge in [-0.1, -0.05) is 24.3 Å². The summed E-state index contributed by atoms with van der Waals surface area (Å²) < 4.78 is 28.6. The molecule has 0 bridgehead atoms. The molecule has 0 aliphatic carbocycles. The molecule has 1 aliphatic rings. The van der Waals surface area contributed by atoms with Crippen LogP contribution in [0.5, 0.6) is 0 Å². The number of nitro benzene ring substituents is 1. The minimum Gasteiger partial charge on any atom is -0.449 e. The molecule has 0 spiro atoms. The third-order valence-electron chi connectivity index (χ3n) is 4.86. The molecular formula is C20H20N2O7S. The molecular weight excluding hydrogens is 412 g/mol. The van der Waals surface area contributed by atoms with Crippen molar-refractivity contribution in [3.8, 4) is 0 Å². The van der Waals surface area contributed by atoms with Crippen LogP contribution in [-0.2, 0) is 32.3 Å². The number of carbonyl (C=O) groups is 2. The van der Waals surface area contributed by atoms with E-state index in [-0.39, 0.29) is 11.5 Å². The van der Waals surface area contributed by atoms with Gasteiger partial charge >= 0.3 is 5.97 Å². The molecule has 30 heavy (non-hydrogen) atoms. The smallest absolute Gasteiger partial charge is 0.339 e. The second-order valence-electron chi connectivity index (χ2n) is 7.04. The number of hydrogen-bond acceptors (Lipinski definition) is 7. The van der Waals surface area contributed by atoms with Crippen molar-refractivity contribution in [2.75, 3.05) is 12.8 Å². The van der Waals surface area contributed by atoms with Gasteiger partial charge in [0.2, 0.25) is 0 Å². The molecule has 10 heteroatoms. The fraction of sp³-hybridized carbons (Fsp3) is 0.300. The van der Waals surface area contributed by atoms with E-state index in [1.54, 1.807) is 4.90 Å². The van der Waals surface area contributed by atoms with Gasteiger partial charge in [0, 0.05) is 25.4 Å². The minimum atomic E-state index is -3.85. The molecule has 0 saturated carbocycles. The van der Waals surface area contributed by atoms with Gasteiger partial charge in [0.15, 0.2) is 15.9 Å². The Labute approximate surface area is 173 Å². The van der Waals surface area contributed by atoms with Gasteiger partial charge in [-0.05, 0) is 36.6 Å². The Kier molecular flexibility index (Phi) is 5.88. The zero-order chi connectivity index (χ0) is 22.1. The van der Waals surface area contributed by atoms with Gasteiger partial charge in [0.05, 0.1) is 10.5 Å². The van der Waals surface area contributed by atoms with Crippen molar-refractivity contribution in [2.45, 2.75) is 30.9 Å². The van der Waals surface area contributed by atoms with Crippen LogP contribution in [0.4, 0.5) is 5.69 Å². The number of carbonyl (C=O) groups excluding carboxylic acids is 2. The van der Waals surface area contributed by atoms with Crippen LogP contribution in [0, 0.1) is 10.1 Å². The quantitative estimate of drug-likeness (QED) is 0.403. The number of ether oxygens (including phenoxy) is 1. The molecule has 1 amide bonds. The molecule has 0 aromatic heterocycles. The SMILES string of the molecule is C[C@@H](OC(=O)c1ccc(S(C)(=O)=O)c([N+](=O)[O-])c1)C(=O)N1CCc2ccccc2C1. The van der Waals surface area contributed by atoms with Crippen molar-refractivity contribution >= 4 is 27.4 Å². The van der Waals surface area contributed by atoms with E-state index in [9.17, 15) is 28.1 Å². The van der Waals surface area contributed by atoms with E-state index in [1.807, 2.05) is 24.3 Å². The van der Waals surface area contributed by atoms with Gasteiger partial charge < -0.3 is 9.64 Å². The topological polar surface area (TPSA) is 124 Å². The van der Waals surface area contributed by atoms with E-state index in [2.05, 4.69) is 0 Å². The molecule has 1 heterocycles. The molecule has 0 saturated heterocycles. The Morgan fingerprint density at radius 1 is 1.17 bits per heavy atom. The number of amides is 1. The zero-order valence-electron chi connectivity index (χ0n) is 16.4. The highest BCUT2D eigenvalue weighted by molar-refractivity contribution is 7.90. The summed E-state index contributed by atoms with van der Waals surface area (Å²) in [5, 5.41) is 11.2. The van der Waals surface area contributed by atoms with Crippen LogP contribution in [0.25, 0.3) is 0 Å². The number of fused-ring (bicyclic) bond motifs is 1. The largest absolute Gasteiger partial charge is 0.449 e. The molecule has 3 rings (SSSR count). The lowest BCUT2D eigenvalue weighted by Crippen LogP contribution is -2.42. The van der Waals surface area contributed by atoms with E-state index < -0.39 is 37.4 Å². The van der Waals surface area contributed by atoms with Crippen LogP contribution in [0.2, 0.25) is 0 Å². The highest BCUT2D eigenvalue weighted by atomic mass is 32.2. The summed E-state index contributed by atoms with van der Waals surface area (Å²) in [5.74, 6) is -1.32. The standard InChI is InChI=1S/C20H20N2O7S/c1-13(19(23)21-10-9-14-5-3-4-6-16(14)12-21)29-20(24)15-7-8-18(30(2,27)28)17(11-15)22(25)26/h3-8,11,13H,9-10,12H2,1-2H3/t13-/m1/s1. The van der Waals surface area contributed by atoms with Crippen LogP contribution >= 0.6 is 0 Å². The van der Waals surface area contributed by atoms with Crippen LogP contribution in [0.1, 0.15) is 28.4 Å². The van der Waals surface area contributed by atoms with Crippen molar-refractivity contribution in [3.63, 3.8) is 0 Å². The van der Waals surface area contributed by atoms with Crippen molar-refractivity contribution in [3.05, 3.63) is 69.3 Å². The molecule has 0 radical (unpaired) electrons. The van der Waals surface area contributed by atoms with Gasteiger partial charge in [-0.15, -0.1) is 0 Å². The molecule has 0 unspecified atom stereocenters. The highest BCUT2D eigenvalue weighted by Gasteiger charge is 2.29. The average molecular weight is 432 g/mol. The third kappa shape index (κ3) is 4.48. The lowest BCUT2D eigenvalue weighted by molar-refractivity contribution is -0.387. The normalized spacial score (nSPS) is 14.5. The molecule has 0 N–H and O–H groups in total.